The molecule has 0 spiro atoms. The zero-order valence-electron chi connectivity index (χ0n) is 31.0. The first-order valence-electron chi connectivity index (χ1n) is 17.1. The molecule has 0 aliphatic rings. The highest BCUT2D eigenvalue weighted by molar-refractivity contribution is 7.79. The first-order chi connectivity index (χ1) is 19.7. The maximum atomic E-state index is 6.59. The average molecular weight is 617 g/mol. The van der Waals surface area contributed by atoms with E-state index in [-0.39, 0.29) is 27.1 Å². The van der Waals surface area contributed by atoms with Crippen LogP contribution in [0.4, 0.5) is 0 Å². The Morgan fingerprint density at radius 3 is 2.00 bits per heavy atom. The van der Waals surface area contributed by atoms with Gasteiger partial charge in [-0.25, -0.2) is 0 Å². The fourth-order valence-corrected chi connectivity index (χ4v) is 7.23. The van der Waals surface area contributed by atoms with Gasteiger partial charge in [-0.1, -0.05) is 133 Å². The van der Waals surface area contributed by atoms with Gasteiger partial charge in [-0.3, -0.25) is 0 Å². The molecule has 1 aromatic rings. The van der Waals surface area contributed by atoms with E-state index in [0.717, 1.165) is 44.0 Å². The lowest BCUT2D eigenvalue weighted by atomic mass is 9.43. The summed E-state index contributed by atoms with van der Waals surface area (Å²) >= 11 is 4.55. The van der Waals surface area contributed by atoms with Gasteiger partial charge in [0, 0.05) is 24.3 Å². The van der Waals surface area contributed by atoms with Crippen molar-refractivity contribution >= 4 is 12.6 Å². The Balaban J connectivity index is 3.48. The molecular formula is C39H72N2OS. The molecule has 0 aromatic heterocycles. The summed E-state index contributed by atoms with van der Waals surface area (Å²) in [5, 5.41) is 3.54. The van der Waals surface area contributed by atoms with E-state index in [4.69, 9.17) is 4.74 Å². The Morgan fingerprint density at radius 2 is 1.51 bits per heavy atom. The van der Waals surface area contributed by atoms with Crippen molar-refractivity contribution in [1.29, 1.82) is 0 Å². The minimum absolute atomic E-state index is 0.0564. The van der Waals surface area contributed by atoms with Crippen LogP contribution in [0.1, 0.15) is 132 Å². The van der Waals surface area contributed by atoms with Gasteiger partial charge in [0.2, 0.25) is 0 Å². The number of hydrogen-bond acceptors (Lipinski definition) is 4. The quantitative estimate of drug-likeness (QED) is 0.0866. The first-order valence-corrected chi connectivity index (χ1v) is 17.7. The molecule has 3 nitrogen and oxygen atoms in total. The molecule has 0 amide bonds. The van der Waals surface area contributed by atoms with Crippen molar-refractivity contribution in [2.24, 2.45) is 33.0 Å². The number of likely N-dealkylation sites (N-methyl/N-ethyl adjacent to an activating group) is 1. The van der Waals surface area contributed by atoms with Crippen LogP contribution in [-0.2, 0) is 10.5 Å². The largest absolute Gasteiger partial charge is 0.498 e. The molecule has 0 fully saturated rings. The summed E-state index contributed by atoms with van der Waals surface area (Å²) in [5.74, 6) is 2.71. The van der Waals surface area contributed by atoms with Crippen molar-refractivity contribution in [3.05, 3.63) is 47.7 Å². The van der Waals surface area contributed by atoms with Crippen molar-refractivity contribution in [2.45, 2.75) is 127 Å². The van der Waals surface area contributed by atoms with E-state index in [2.05, 4.69) is 151 Å². The topological polar surface area (TPSA) is 24.5 Å². The second-order valence-electron chi connectivity index (χ2n) is 16.6. The smallest absolute Gasteiger partial charge is 0.0957 e. The molecule has 0 saturated heterocycles. The maximum Gasteiger partial charge on any atom is 0.0957 e. The Kier molecular flexibility index (Phi) is 15.4. The van der Waals surface area contributed by atoms with Gasteiger partial charge < -0.3 is 15.0 Å². The number of nitrogens with one attached hydrogen (secondary N) is 1. The van der Waals surface area contributed by atoms with Gasteiger partial charge in [-0.15, -0.1) is 0 Å². The van der Waals surface area contributed by atoms with Crippen LogP contribution in [0.15, 0.2) is 36.6 Å². The molecular weight excluding hydrogens is 545 g/mol. The van der Waals surface area contributed by atoms with E-state index >= 15 is 0 Å². The van der Waals surface area contributed by atoms with Crippen molar-refractivity contribution in [2.75, 3.05) is 40.3 Å². The fraction of sp³-hybridized carbons (Fsp3) is 0.795. The molecule has 0 heterocycles. The van der Waals surface area contributed by atoms with Crippen molar-refractivity contribution in [1.82, 2.24) is 10.2 Å². The number of allylic oxidation sites excluding steroid dienone is 1. The molecule has 0 bridgehead atoms. The Bertz CT molecular complexity index is 956. The highest BCUT2D eigenvalue weighted by Gasteiger charge is 2.60. The summed E-state index contributed by atoms with van der Waals surface area (Å²) < 4.78 is 6.59. The van der Waals surface area contributed by atoms with Gasteiger partial charge in [0.25, 0.3) is 0 Å². The van der Waals surface area contributed by atoms with E-state index in [1.807, 2.05) is 0 Å². The van der Waals surface area contributed by atoms with E-state index in [9.17, 15) is 0 Å². The molecule has 1 aromatic carbocycles. The minimum Gasteiger partial charge on any atom is -0.498 e. The van der Waals surface area contributed by atoms with Crippen molar-refractivity contribution < 1.29 is 4.74 Å². The van der Waals surface area contributed by atoms with Crippen LogP contribution in [0.3, 0.4) is 0 Å². The number of ether oxygens (including phenoxy) is 1. The Hall–Kier alpha value is -0.970. The predicted octanol–water partition coefficient (Wildman–Crippen LogP) is 10.6. The number of rotatable bonds is 20. The molecule has 43 heavy (non-hydrogen) atoms. The predicted molar refractivity (Wildman–Crippen MR) is 195 cm³/mol. The molecule has 1 rings (SSSR count). The van der Waals surface area contributed by atoms with E-state index < -0.39 is 0 Å². The third-order valence-electron chi connectivity index (χ3n) is 11.9. The number of benzene rings is 1. The Morgan fingerprint density at radius 1 is 0.930 bits per heavy atom. The van der Waals surface area contributed by atoms with Gasteiger partial charge >= 0.3 is 0 Å². The van der Waals surface area contributed by atoms with Crippen LogP contribution >= 0.6 is 12.6 Å². The normalized spacial score (nSPS) is 16.2. The summed E-state index contributed by atoms with van der Waals surface area (Å²) in [5.41, 5.74) is 2.37. The van der Waals surface area contributed by atoms with Crippen molar-refractivity contribution in [3.8, 4) is 0 Å². The highest BCUT2D eigenvalue weighted by atomic mass is 32.1. The van der Waals surface area contributed by atoms with Gasteiger partial charge in [0.15, 0.2) is 0 Å². The maximum absolute atomic E-state index is 6.59. The standard InChI is InChI=1S/C39H72N2OS/c1-16-17-19-30(2)36(7,8)28-34(33-22-20-32(29-43)21-23-33)37(9,10)38(11,12)39(13,35(4,5)6)31(3)42-27-18-24-40-25-26-41(14)15/h20-23,30,34,40,43H,3,16-19,24-29H2,1-2,4-15H3. The zero-order chi connectivity index (χ0) is 33.3. The second-order valence-corrected chi connectivity index (χ2v) is 16.9. The molecule has 250 valence electrons. The number of hydrogen-bond donors (Lipinski definition) is 2. The first kappa shape index (κ1) is 40.1. The summed E-state index contributed by atoms with van der Waals surface area (Å²) in [4.78, 5) is 2.21. The second kappa shape index (κ2) is 16.5. The van der Waals surface area contributed by atoms with Gasteiger partial charge in [-0.05, 0) is 78.1 Å². The van der Waals surface area contributed by atoms with Crippen molar-refractivity contribution in [3.63, 3.8) is 0 Å². The molecule has 0 radical (unpaired) electrons. The lowest BCUT2D eigenvalue weighted by Crippen LogP contribution is -2.56. The zero-order valence-corrected chi connectivity index (χ0v) is 31.9. The third kappa shape index (κ3) is 10.0. The monoisotopic (exact) mass is 617 g/mol. The summed E-state index contributed by atoms with van der Waals surface area (Å²) in [6, 6.07) is 9.32. The number of nitrogens with zero attached hydrogens (tertiary/aromatic N) is 1. The molecule has 0 aliphatic carbocycles. The summed E-state index contributed by atoms with van der Waals surface area (Å²) in [6.07, 6.45) is 5.95. The van der Waals surface area contributed by atoms with Gasteiger partial charge in [0.05, 0.1) is 12.4 Å². The van der Waals surface area contributed by atoms with Crippen LogP contribution in [0.5, 0.6) is 0 Å². The van der Waals surface area contributed by atoms with Crippen LogP contribution < -0.4 is 5.32 Å². The number of thiol groups is 1. The molecule has 0 aliphatic heterocycles. The average Bonchev–Trinajstić information content (AvgIpc) is 2.92. The van der Waals surface area contributed by atoms with Crippen LogP contribution in [0.2, 0.25) is 0 Å². The summed E-state index contributed by atoms with van der Waals surface area (Å²) in [6.45, 7) is 37.7. The molecule has 3 atom stereocenters. The number of unbranched alkanes of at least 4 members (excludes halogenated alkanes) is 1. The molecule has 4 heteroatoms. The van der Waals surface area contributed by atoms with Crippen LogP contribution in [0.25, 0.3) is 0 Å². The lowest BCUT2D eigenvalue weighted by molar-refractivity contribution is -0.118. The molecule has 1 N–H and O–H groups in total. The molecule has 3 unspecified atom stereocenters. The van der Waals surface area contributed by atoms with E-state index in [1.165, 1.54) is 30.4 Å². The van der Waals surface area contributed by atoms with Crippen LogP contribution in [-0.4, -0.2) is 45.2 Å². The van der Waals surface area contributed by atoms with E-state index in [1.54, 1.807) is 0 Å². The highest BCUT2D eigenvalue weighted by Crippen LogP contribution is 2.66. The third-order valence-corrected chi connectivity index (χ3v) is 12.3. The lowest BCUT2D eigenvalue weighted by Gasteiger charge is -2.62. The SMILES string of the molecule is C=C(OCCCNCCN(C)C)C(C)(C(C)(C)C)C(C)(C)C(C)(C)C(CC(C)(C)C(C)CCCC)c1ccc(CS)cc1. The minimum atomic E-state index is -0.275. The van der Waals surface area contributed by atoms with Crippen LogP contribution in [0, 0.1) is 33.0 Å². The van der Waals surface area contributed by atoms with E-state index in [0.29, 0.717) is 18.4 Å². The molecule has 0 saturated carbocycles. The summed E-state index contributed by atoms with van der Waals surface area (Å²) in [7, 11) is 4.22. The fourth-order valence-electron chi connectivity index (χ4n) is 7.02. The van der Waals surface area contributed by atoms with Gasteiger partial charge in [0.1, 0.15) is 0 Å². The van der Waals surface area contributed by atoms with Gasteiger partial charge in [-0.2, -0.15) is 12.6 Å². The Labute approximate surface area is 274 Å².